The summed E-state index contributed by atoms with van der Waals surface area (Å²) in [5.41, 5.74) is 3.97. The standard InChI is InChI=1S/C14H16OS/c1-10-5-11(2)7-12(6-10)9-16-14-4-3-13(15)8-14/h5-8H,3-4,9H2,1-2H3. The van der Waals surface area contributed by atoms with Crippen LogP contribution >= 0.6 is 11.8 Å². The van der Waals surface area contributed by atoms with Gasteiger partial charge in [-0.05, 0) is 36.8 Å². The normalized spacial score (nSPS) is 15.4. The molecule has 0 aromatic heterocycles. The lowest BCUT2D eigenvalue weighted by Crippen LogP contribution is -1.85. The maximum absolute atomic E-state index is 11.1. The number of carbonyl (C=O) groups is 1. The van der Waals surface area contributed by atoms with Crippen LogP contribution in [0.1, 0.15) is 29.5 Å². The third-order valence-electron chi connectivity index (χ3n) is 2.65. The predicted molar refractivity (Wildman–Crippen MR) is 69.5 cm³/mol. The summed E-state index contributed by atoms with van der Waals surface area (Å²) in [5.74, 6) is 1.25. The van der Waals surface area contributed by atoms with Crippen LogP contribution in [0.5, 0.6) is 0 Å². The average Bonchev–Trinajstić information content (AvgIpc) is 2.60. The van der Waals surface area contributed by atoms with Crippen LogP contribution in [0.2, 0.25) is 0 Å². The van der Waals surface area contributed by atoms with Gasteiger partial charge in [0, 0.05) is 12.2 Å². The van der Waals surface area contributed by atoms with E-state index in [0.29, 0.717) is 6.42 Å². The highest BCUT2D eigenvalue weighted by molar-refractivity contribution is 8.02. The van der Waals surface area contributed by atoms with Crippen LogP contribution in [0.25, 0.3) is 0 Å². The molecule has 0 saturated heterocycles. The van der Waals surface area contributed by atoms with Crippen molar-refractivity contribution >= 4 is 17.5 Å². The second-order valence-electron chi connectivity index (χ2n) is 4.36. The predicted octanol–water partition coefficient (Wildman–Crippen LogP) is 3.78. The molecule has 0 unspecified atom stereocenters. The molecule has 2 rings (SSSR count). The van der Waals surface area contributed by atoms with Crippen LogP contribution in [-0.4, -0.2) is 5.78 Å². The molecule has 16 heavy (non-hydrogen) atoms. The Balaban J connectivity index is 1.99. The molecule has 0 bridgehead atoms. The van der Waals surface area contributed by atoms with Crippen molar-refractivity contribution in [2.24, 2.45) is 0 Å². The monoisotopic (exact) mass is 232 g/mol. The minimum atomic E-state index is 0.280. The van der Waals surface area contributed by atoms with Crippen molar-refractivity contribution in [3.63, 3.8) is 0 Å². The van der Waals surface area contributed by atoms with Gasteiger partial charge in [0.2, 0.25) is 0 Å². The zero-order valence-corrected chi connectivity index (χ0v) is 10.6. The highest BCUT2D eigenvalue weighted by atomic mass is 32.2. The molecule has 1 aliphatic rings. The Bertz CT molecular complexity index is 426. The SMILES string of the molecule is Cc1cc(C)cc(CSC2=CC(=O)CC2)c1. The summed E-state index contributed by atoms with van der Waals surface area (Å²) >= 11 is 1.80. The van der Waals surface area contributed by atoms with Crippen molar-refractivity contribution in [1.82, 2.24) is 0 Å². The molecular formula is C14H16OS. The van der Waals surface area contributed by atoms with Gasteiger partial charge >= 0.3 is 0 Å². The van der Waals surface area contributed by atoms with E-state index in [9.17, 15) is 4.79 Å². The highest BCUT2D eigenvalue weighted by Crippen LogP contribution is 2.29. The van der Waals surface area contributed by atoms with Crippen molar-refractivity contribution in [1.29, 1.82) is 0 Å². The number of carbonyl (C=O) groups excluding carboxylic acids is 1. The van der Waals surface area contributed by atoms with E-state index in [-0.39, 0.29) is 5.78 Å². The molecule has 1 aromatic rings. The Morgan fingerprint density at radius 2 is 1.81 bits per heavy atom. The number of hydrogen-bond donors (Lipinski definition) is 0. The molecule has 0 saturated carbocycles. The zero-order valence-electron chi connectivity index (χ0n) is 9.75. The van der Waals surface area contributed by atoms with E-state index in [4.69, 9.17) is 0 Å². The third-order valence-corrected chi connectivity index (χ3v) is 3.82. The van der Waals surface area contributed by atoms with Gasteiger partial charge < -0.3 is 0 Å². The summed E-state index contributed by atoms with van der Waals surface area (Å²) in [5, 5.41) is 0. The van der Waals surface area contributed by atoms with Gasteiger partial charge in [0.05, 0.1) is 0 Å². The van der Waals surface area contributed by atoms with Crippen LogP contribution < -0.4 is 0 Å². The summed E-state index contributed by atoms with van der Waals surface area (Å²) in [6.45, 7) is 4.25. The fraction of sp³-hybridized carbons (Fsp3) is 0.357. The maximum Gasteiger partial charge on any atom is 0.156 e. The Labute approximate surface area is 101 Å². The molecule has 1 aliphatic carbocycles. The van der Waals surface area contributed by atoms with E-state index < -0.39 is 0 Å². The summed E-state index contributed by atoms with van der Waals surface area (Å²) in [4.78, 5) is 12.3. The summed E-state index contributed by atoms with van der Waals surface area (Å²) in [7, 11) is 0. The van der Waals surface area contributed by atoms with Crippen LogP contribution in [0.3, 0.4) is 0 Å². The first kappa shape index (κ1) is 11.5. The Morgan fingerprint density at radius 1 is 1.12 bits per heavy atom. The molecular weight excluding hydrogens is 216 g/mol. The smallest absolute Gasteiger partial charge is 0.156 e. The van der Waals surface area contributed by atoms with Crippen LogP contribution in [0, 0.1) is 13.8 Å². The lowest BCUT2D eigenvalue weighted by molar-refractivity contribution is -0.114. The molecule has 0 heterocycles. The van der Waals surface area contributed by atoms with Gasteiger partial charge in [0.25, 0.3) is 0 Å². The first-order valence-electron chi connectivity index (χ1n) is 5.57. The van der Waals surface area contributed by atoms with E-state index in [2.05, 4.69) is 32.0 Å². The lowest BCUT2D eigenvalue weighted by atomic mass is 10.1. The number of hydrogen-bond acceptors (Lipinski definition) is 2. The molecule has 0 atom stereocenters. The second-order valence-corrected chi connectivity index (χ2v) is 5.46. The maximum atomic E-state index is 11.1. The highest BCUT2D eigenvalue weighted by Gasteiger charge is 2.12. The number of aryl methyl sites for hydroxylation is 2. The van der Waals surface area contributed by atoms with Crippen LogP contribution in [0.15, 0.2) is 29.2 Å². The first-order chi connectivity index (χ1) is 7.63. The molecule has 0 amide bonds. The average molecular weight is 232 g/mol. The minimum absolute atomic E-state index is 0.280. The van der Waals surface area contributed by atoms with E-state index >= 15 is 0 Å². The third kappa shape index (κ3) is 2.99. The molecule has 0 aliphatic heterocycles. The molecule has 2 heteroatoms. The van der Waals surface area contributed by atoms with Gasteiger partial charge in [-0.15, -0.1) is 11.8 Å². The van der Waals surface area contributed by atoms with Gasteiger partial charge in [0.15, 0.2) is 5.78 Å². The van der Waals surface area contributed by atoms with Gasteiger partial charge in [-0.2, -0.15) is 0 Å². The lowest BCUT2D eigenvalue weighted by Gasteiger charge is -2.05. The molecule has 1 aromatic carbocycles. The van der Waals surface area contributed by atoms with Crippen LogP contribution in [0.4, 0.5) is 0 Å². The minimum Gasteiger partial charge on any atom is -0.295 e. The van der Waals surface area contributed by atoms with Crippen molar-refractivity contribution < 1.29 is 4.79 Å². The molecule has 84 valence electrons. The topological polar surface area (TPSA) is 17.1 Å². The second kappa shape index (κ2) is 4.88. The van der Waals surface area contributed by atoms with Crippen molar-refractivity contribution in [2.45, 2.75) is 32.4 Å². The Hall–Kier alpha value is -1.02. The van der Waals surface area contributed by atoms with Gasteiger partial charge in [0.1, 0.15) is 0 Å². The largest absolute Gasteiger partial charge is 0.295 e. The number of rotatable bonds is 3. The molecule has 1 nitrogen and oxygen atoms in total. The molecule has 0 N–H and O–H groups in total. The van der Waals surface area contributed by atoms with Gasteiger partial charge in [-0.25, -0.2) is 0 Å². The first-order valence-corrected chi connectivity index (χ1v) is 6.55. The van der Waals surface area contributed by atoms with E-state index in [1.807, 2.05) is 0 Å². The number of thioether (sulfide) groups is 1. The van der Waals surface area contributed by atoms with Gasteiger partial charge in [-0.3, -0.25) is 4.79 Å². The van der Waals surface area contributed by atoms with Crippen LogP contribution in [-0.2, 0) is 10.5 Å². The van der Waals surface area contributed by atoms with E-state index in [1.54, 1.807) is 17.8 Å². The molecule has 0 radical (unpaired) electrons. The van der Waals surface area contributed by atoms with E-state index in [1.165, 1.54) is 21.6 Å². The number of benzene rings is 1. The van der Waals surface area contributed by atoms with Crippen molar-refractivity contribution in [2.75, 3.05) is 0 Å². The van der Waals surface area contributed by atoms with Gasteiger partial charge in [-0.1, -0.05) is 29.3 Å². The fourth-order valence-electron chi connectivity index (χ4n) is 2.01. The summed E-state index contributed by atoms with van der Waals surface area (Å²) < 4.78 is 0. The number of ketones is 1. The van der Waals surface area contributed by atoms with Crippen molar-refractivity contribution in [3.05, 3.63) is 45.9 Å². The summed E-state index contributed by atoms with van der Waals surface area (Å²) in [6.07, 6.45) is 3.44. The zero-order chi connectivity index (χ0) is 11.5. The quantitative estimate of drug-likeness (QED) is 0.789. The number of allylic oxidation sites excluding steroid dienone is 2. The van der Waals surface area contributed by atoms with Crippen molar-refractivity contribution in [3.8, 4) is 0 Å². The molecule has 0 spiro atoms. The fourth-order valence-corrected chi connectivity index (χ4v) is 2.99. The van der Waals surface area contributed by atoms with E-state index in [0.717, 1.165) is 12.2 Å². The Kier molecular flexibility index (Phi) is 3.49. The summed E-state index contributed by atoms with van der Waals surface area (Å²) in [6, 6.07) is 6.63. The molecule has 0 fully saturated rings. The Morgan fingerprint density at radius 3 is 2.38 bits per heavy atom.